The third-order valence-electron chi connectivity index (χ3n) is 1.45. The number of carboxylic acid groups (broad SMARTS) is 1. The van der Waals surface area contributed by atoms with Crippen molar-refractivity contribution in [3.8, 4) is 0 Å². The first-order valence-electron chi connectivity index (χ1n) is 3.19. The van der Waals surface area contributed by atoms with Crippen LogP contribution in [0, 0.1) is 0 Å². The van der Waals surface area contributed by atoms with Crippen LogP contribution in [0.15, 0.2) is 12.7 Å². The lowest BCUT2D eigenvalue weighted by Gasteiger charge is -2.18. The van der Waals surface area contributed by atoms with E-state index in [1.165, 1.54) is 6.08 Å². The minimum absolute atomic E-state index is 0.551. The number of aliphatic carboxylic acids is 1. The molecule has 0 aliphatic carbocycles. The Morgan fingerprint density at radius 2 is 2.40 bits per heavy atom. The number of hydrogen-bond donors (Lipinski definition) is 1. The molecule has 0 aliphatic rings. The van der Waals surface area contributed by atoms with E-state index in [0.717, 1.165) is 0 Å². The van der Waals surface area contributed by atoms with E-state index in [1.54, 1.807) is 11.9 Å². The van der Waals surface area contributed by atoms with Crippen LogP contribution >= 0.6 is 0 Å². The summed E-state index contributed by atoms with van der Waals surface area (Å²) in [6, 6.07) is -0.551. The first-order chi connectivity index (χ1) is 4.63. The van der Waals surface area contributed by atoms with Crippen molar-refractivity contribution < 1.29 is 9.90 Å². The molecule has 3 nitrogen and oxygen atoms in total. The number of rotatable bonds is 4. The Morgan fingerprint density at radius 1 is 1.90 bits per heavy atom. The summed E-state index contributed by atoms with van der Waals surface area (Å²) in [5.41, 5.74) is 0. The monoisotopic (exact) mass is 143 g/mol. The minimum Gasteiger partial charge on any atom is -0.480 e. The highest BCUT2D eigenvalue weighted by molar-refractivity contribution is 5.75. The third kappa shape index (κ3) is 2.19. The highest BCUT2D eigenvalue weighted by Gasteiger charge is 2.16. The number of carbonyl (C=O) groups is 1. The molecule has 0 rings (SSSR count). The van der Waals surface area contributed by atoms with Gasteiger partial charge in [0.05, 0.1) is 0 Å². The van der Waals surface area contributed by atoms with Crippen molar-refractivity contribution in [2.24, 2.45) is 0 Å². The van der Waals surface area contributed by atoms with Gasteiger partial charge in [0.15, 0.2) is 0 Å². The highest BCUT2D eigenvalue weighted by Crippen LogP contribution is 1.95. The SMILES string of the molecule is C=C[C@@H](C(=O)O)N(C)CC. The summed E-state index contributed by atoms with van der Waals surface area (Å²) in [4.78, 5) is 12.1. The summed E-state index contributed by atoms with van der Waals surface area (Å²) in [7, 11) is 1.75. The summed E-state index contributed by atoms with van der Waals surface area (Å²) in [6.07, 6.45) is 1.42. The van der Waals surface area contributed by atoms with Crippen LogP contribution in [0.3, 0.4) is 0 Å². The molecule has 0 aromatic rings. The van der Waals surface area contributed by atoms with Gasteiger partial charge >= 0.3 is 5.97 Å². The maximum atomic E-state index is 10.4. The molecule has 0 aliphatic heterocycles. The third-order valence-corrected chi connectivity index (χ3v) is 1.45. The van der Waals surface area contributed by atoms with Crippen molar-refractivity contribution in [3.05, 3.63) is 12.7 Å². The summed E-state index contributed by atoms with van der Waals surface area (Å²) < 4.78 is 0. The van der Waals surface area contributed by atoms with Crippen LogP contribution in [0.25, 0.3) is 0 Å². The molecule has 0 aromatic heterocycles. The van der Waals surface area contributed by atoms with Gasteiger partial charge in [-0.1, -0.05) is 13.0 Å². The summed E-state index contributed by atoms with van der Waals surface area (Å²) >= 11 is 0. The molecule has 0 aromatic carbocycles. The topological polar surface area (TPSA) is 40.5 Å². The van der Waals surface area contributed by atoms with E-state index in [4.69, 9.17) is 5.11 Å². The molecule has 0 heterocycles. The fraction of sp³-hybridized carbons (Fsp3) is 0.571. The Bertz CT molecular complexity index is 134. The molecule has 0 fully saturated rings. The van der Waals surface area contributed by atoms with E-state index in [-0.39, 0.29) is 0 Å². The van der Waals surface area contributed by atoms with E-state index < -0.39 is 12.0 Å². The molecule has 1 N–H and O–H groups in total. The smallest absolute Gasteiger partial charge is 0.324 e. The normalized spacial score (nSPS) is 13.1. The van der Waals surface area contributed by atoms with E-state index in [0.29, 0.717) is 6.54 Å². The summed E-state index contributed by atoms with van der Waals surface area (Å²) in [5.74, 6) is -0.848. The predicted molar refractivity (Wildman–Crippen MR) is 39.9 cm³/mol. The van der Waals surface area contributed by atoms with Crippen molar-refractivity contribution in [2.45, 2.75) is 13.0 Å². The summed E-state index contributed by atoms with van der Waals surface area (Å²) in [5, 5.41) is 8.56. The number of nitrogens with zero attached hydrogens (tertiary/aromatic N) is 1. The Morgan fingerprint density at radius 3 is 2.50 bits per heavy atom. The van der Waals surface area contributed by atoms with Gasteiger partial charge in [-0.15, -0.1) is 6.58 Å². The van der Waals surface area contributed by atoms with Gasteiger partial charge in [-0.2, -0.15) is 0 Å². The van der Waals surface area contributed by atoms with Crippen LogP contribution in [0.2, 0.25) is 0 Å². The molecule has 1 atom stereocenters. The van der Waals surface area contributed by atoms with Gasteiger partial charge in [0, 0.05) is 0 Å². The van der Waals surface area contributed by atoms with Crippen LogP contribution in [0.4, 0.5) is 0 Å². The van der Waals surface area contributed by atoms with Gasteiger partial charge < -0.3 is 5.11 Å². The molecular weight excluding hydrogens is 130 g/mol. The average Bonchev–Trinajstić information content (AvgIpc) is 1.88. The molecule has 0 bridgehead atoms. The second-order valence-corrected chi connectivity index (χ2v) is 2.09. The Hall–Kier alpha value is -0.830. The molecule has 0 amide bonds. The number of carboxylic acids is 1. The Kier molecular flexibility index (Phi) is 3.72. The second kappa shape index (κ2) is 4.06. The van der Waals surface area contributed by atoms with E-state index in [9.17, 15) is 4.79 Å². The van der Waals surface area contributed by atoms with Crippen molar-refractivity contribution in [1.82, 2.24) is 4.90 Å². The van der Waals surface area contributed by atoms with Gasteiger partial charge in [-0.25, -0.2) is 0 Å². The zero-order valence-corrected chi connectivity index (χ0v) is 6.37. The average molecular weight is 143 g/mol. The van der Waals surface area contributed by atoms with Crippen LogP contribution in [-0.2, 0) is 4.79 Å². The lowest BCUT2D eigenvalue weighted by molar-refractivity contribution is -0.140. The van der Waals surface area contributed by atoms with E-state index in [1.807, 2.05) is 6.92 Å². The molecule has 10 heavy (non-hydrogen) atoms. The molecule has 0 unspecified atom stereocenters. The van der Waals surface area contributed by atoms with Crippen LogP contribution in [0.1, 0.15) is 6.92 Å². The highest BCUT2D eigenvalue weighted by atomic mass is 16.4. The molecule has 0 spiro atoms. The molecule has 0 saturated carbocycles. The van der Waals surface area contributed by atoms with Gasteiger partial charge in [0.25, 0.3) is 0 Å². The second-order valence-electron chi connectivity index (χ2n) is 2.09. The maximum absolute atomic E-state index is 10.4. The van der Waals surface area contributed by atoms with Crippen LogP contribution in [-0.4, -0.2) is 35.6 Å². The molecular formula is C7H13NO2. The van der Waals surface area contributed by atoms with Crippen molar-refractivity contribution in [1.29, 1.82) is 0 Å². The zero-order valence-electron chi connectivity index (χ0n) is 6.37. The predicted octanol–water partition coefficient (Wildman–Crippen LogP) is 0.577. The van der Waals surface area contributed by atoms with Crippen molar-refractivity contribution in [2.75, 3.05) is 13.6 Å². The molecule has 0 radical (unpaired) electrons. The van der Waals surface area contributed by atoms with Crippen LogP contribution < -0.4 is 0 Å². The van der Waals surface area contributed by atoms with Gasteiger partial charge in [0.1, 0.15) is 6.04 Å². The van der Waals surface area contributed by atoms with Gasteiger partial charge in [-0.3, -0.25) is 9.69 Å². The standard InChI is InChI=1S/C7H13NO2/c1-4-6(7(9)10)8(3)5-2/h4,6H,1,5H2,2-3H3,(H,9,10)/t6-/m0/s1. The summed E-state index contributed by atoms with van der Waals surface area (Å²) in [6.45, 7) is 6.04. The molecule has 3 heteroatoms. The largest absolute Gasteiger partial charge is 0.480 e. The zero-order chi connectivity index (χ0) is 8.15. The quantitative estimate of drug-likeness (QED) is 0.585. The van der Waals surface area contributed by atoms with Crippen LogP contribution in [0.5, 0.6) is 0 Å². The number of hydrogen-bond acceptors (Lipinski definition) is 2. The van der Waals surface area contributed by atoms with E-state index in [2.05, 4.69) is 6.58 Å². The van der Waals surface area contributed by atoms with Crippen molar-refractivity contribution in [3.63, 3.8) is 0 Å². The Balaban J connectivity index is 4.05. The lowest BCUT2D eigenvalue weighted by atomic mass is 10.2. The molecule has 58 valence electrons. The van der Waals surface area contributed by atoms with E-state index >= 15 is 0 Å². The minimum atomic E-state index is -0.848. The first-order valence-corrected chi connectivity index (χ1v) is 3.19. The maximum Gasteiger partial charge on any atom is 0.324 e. The van der Waals surface area contributed by atoms with Crippen molar-refractivity contribution >= 4 is 5.97 Å². The fourth-order valence-corrected chi connectivity index (χ4v) is 0.666. The number of likely N-dealkylation sites (N-methyl/N-ethyl adjacent to an activating group) is 1. The van der Waals surface area contributed by atoms with Gasteiger partial charge in [-0.05, 0) is 13.6 Å². The fourth-order valence-electron chi connectivity index (χ4n) is 0.666. The Labute approximate surface area is 61.0 Å². The first kappa shape index (κ1) is 9.17. The lowest BCUT2D eigenvalue weighted by Crippen LogP contribution is -2.36. The molecule has 0 saturated heterocycles. The van der Waals surface area contributed by atoms with Gasteiger partial charge in [0.2, 0.25) is 0 Å².